The fraction of sp³-hybridized carbons (Fsp3) is 0.611. The molecule has 0 spiro atoms. The molecule has 7 heteroatoms. The number of nitro benzene ring substituents is 1. The Morgan fingerprint density at radius 1 is 1.24 bits per heavy atom. The predicted octanol–water partition coefficient (Wildman–Crippen LogP) is 4.23. The van der Waals surface area contributed by atoms with Crippen LogP contribution in [-0.2, 0) is 4.79 Å². The Morgan fingerprint density at radius 2 is 1.96 bits per heavy atom. The molecular weight excluding hydrogens is 342 g/mol. The quantitative estimate of drug-likeness (QED) is 0.579. The van der Waals surface area contributed by atoms with Gasteiger partial charge in [-0.05, 0) is 37.7 Å². The summed E-state index contributed by atoms with van der Waals surface area (Å²) in [5, 5.41) is 13.7. The van der Waals surface area contributed by atoms with Crippen LogP contribution in [0, 0.1) is 16.0 Å². The van der Waals surface area contributed by atoms with Gasteiger partial charge in [-0.1, -0.05) is 30.9 Å². The number of halogens is 1. The molecule has 136 valence electrons. The van der Waals surface area contributed by atoms with Crippen LogP contribution in [0.3, 0.4) is 0 Å². The number of rotatable bonds is 7. The number of carbonyl (C=O) groups is 1. The maximum Gasteiger partial charge on any atom is 0.271 e. The maximum atomic E-state index is 12.4. The van der Waals surface area contributed by atoms with Crippen molar-refractivity contribution in [2.24, 2.45) is 5.92 Å². The molecule has 0 unspecified atom stereocenters. The molecule has 6 nitrogen and oxygen atoms in total. The molecule has 0 heterocycles. The van der Waals surface area contributed by atoms with E-state index in [1.807, 2.05) is 0 Å². The highest BCUT2D eigenvalue weighted by atomic mass is 35.5. The second kappa shape index (κ2) is 8.15. The molecule has 1 aromatic rings. The Morgan fingerprint density at radius 3 is 2.56 bits per heavy atom. The van der Waals surface area contributed by atoms with Gasteiger partial charge in [-0.2, -0.15) is 0 Å². The van der Waals surface area contributed by atoms with Crippen LogP contribution in [0.25, 0.3) is 0 Å². The lowest BCUT2D eigenvalue weighted by molar-refractivity contribution is -0.384. The summed E-state index contributed by atoms with van der Waals surface area (Å²) in [5.74, 6) is 0.587. The molecule has 0 atom stereocenters. The topological polar surface area (TPSA) is 75.5 Å². The lowest BCUT2D eigenvalue weighted by Crippen LogP contribution is -2.38. The third-order valence-corrected chi connectivity index (χ3v) is 5.38. The molecule has 0 radical (unpaired) electrons. The van der Waals surface area contributed by atoms with E-state index in [2.05, 4.69) is 10.2 Å². The number of nitrogens with one attached hydrogen (secondary N) is 1. The molecule has 0 aromatic heterocycles. The Balaban J connectivity index is 1.57. The van der Waals surface area contributed by atoms with E-state index >= 15 is 0 Å². The average molecular weight is 366 g/mol. The highest BCUT2D eigenvalue weighted by molar-refractivity contribution is 6.34. The summed E-state index contributed by atoms with van der Waals surface area (Å²) in [4.78, 5) is 25.0. The smallest absolute Gasteiger partial charge is 0.271 e. The number of non-ortho nitro benzene ring substituents is 1. The summed E-state index contributed by atoms with van der Waals surface area (Å²) in [6.07, 6.45) is 8.79. The van der Waals surface area contributed by atoms with Crippen LogP contribution < -0.4 is 5.32 Å². The number of nitro groups is 1. The van der Waals surface area contributed by atoms with E-state index in [1.165, 1.54) is 50.3 Å². The van der Waals surface area contributed by atoms with E-state index in [-0.39, 0.29) is 16.6 Å². The normalized spacial score (nSPS) is 18.3. The fourth-order valence-electron chi connectivity index (χ4n) is 3.58. The summed E-state index contributed by atoms with van der Waals surface area (Å²) >= 11 is 6.05. The molecule has 3 rings (SSSR count). The van der Waals surface area contributed by atoms with Crippen molar-refractivity contribution in [1.82, 2.24) is 4.90 Å². The van der Waals surface area contributed by atoms with Gasteiger partial charge in [0.1, 0.15) is 0 Å². The fourth-order valence-corrected chi connectivity index (χ4v) is 3.80. The van der Waals surface area contributed by atoms with E-state index < -0.39 is 4.92 Å². The van der Waals surface area contributed by atoms with Crippen LogP contribution in [0.1, 0.15) is 44.9 Å². The van der Waals surface area contributed by atoms with Gasteiger partial charge in [0.25, 0.3) is 5.69 Å². The van der Waals surface area contributed by atoms with Gasteiger partial charge >= 0.3 is 0 Å². The lowest BCUT2D eigenvalue weighted by Gasteiger charge is -2.29. The minimum absolute atomic E-state index is 0.0834. The zero-order chi connectivity index (χ0) is 17.8. The molecule has 0 aliphatic heterocycles. The Hall–Kier alpha value is -1.66. The molecule has 25 heavy (non-hydrogen) atoms. The van der Waals surface area contributed by atoms with Crippen molar-refractivity contribution < 1.29 is 9.72 Å². The van der Waals surface area contributed by atoms with Gasteiger partial charge in [0.15, 0.2) is 0 Å². The molecule has 0 bridgehead atoms. The third kappa shape index (κ3) is 5.16. The Labute approximate surface area is 152 Å². The van der Waals surface area contributed by atoms with Crippen molar-refractivity contribution in [1.29, 1.82) is 0 Å². The van der Waals surface area contributed by atoms with Crippen LogP contribution in [0.2, 0.25) is 5.02 Å². The van der Waals surface area contributed by atoms with Gasteiger partial charge < -0.3 is 5.32 Å². The molecule has 0 saturated heterocycles. The zero-order valence-corrected chi connectivity index (χ0v) is 15.0. The highest BCUT2D eigenvalue weighted by Gasteiger charge is 2.32. The maximum absolute atomic E-state index is 12.4. The first-order chi connectivity index (χ1) is 12.0. The number of anilines is 1. The minimum atomic E-state index is -0.503. The first-order valence-electron chi connectivity index (χ1n) is 9.01. The van der Waals surface area contributed by atoms with Crippen molar-refractivity contribution in [3.05, 3.63) is 33.3 Å². The SMILES string of the molecule is O=C(CN(CC1CCCCC1)C1CC1)Nc1ccc([N+](=O)[O-])cc1Cl. The first-order valence-corrected chi connectivity index (χ1v) is 9.38. The summed E-state index contributed by atoms with van der Waals surface area (Å²) < 4.78 is 0. The molecule has 2 aliphatic carbocycles. The third-order valence-electron chi connectivity index (χ3n) is 5.06. The van der Waals surface area contributed by atoms with Crippen LogP contribution in [0.4, 0.5) is 11.4 Å². The average Bonchev–Trinajstić information content (AvgIpc) is 3.42. The number of benzene rings is 1. The van der Waals surface area contributed by atoms with Gasteiger partial charge in [-0.25, -0.2) is 0 Å². The summed E-state index contributed by atoms with van der Waals surface area (Å²) in [6, 6.07) is 4.63. The van der Waals surface area contributed by atoms with E-state index in [0.29, 0.717) is 24.2 Å². The monoisotopic (exact) mass is 365 g/mol. The second-order valence-electron chi connectivity index (χ2n) is 7.13. The van der Waals surface area contributed by atoms with Crippen molar-refractivity contribution in [3.63, 3.8) is 0 Å². The minimum Gasteiger partial charge on any atom is -0.324 e. The summed E-state index contributed by atoms with van der Waals surface area (Å²) in [7, 11) is 0. The number of hydrogen-bond acceptors (Lipinski definition) is 4. The standard InChI is InChI=1S/C18H24ClN3O3/c19-16-10-15(22(24)25)8-9-17(16)20-18(23)12-21(14-6-7-14)11-13-4-2-1-3-5-13/h8-10,13-14H,1-7,11-12H2,(H,20,23). The Kier molecular flexibility index (Phi) is 5.91. The number of carbonyl (C=O) groups excluding carboxylic acids is 1. The van der Waals surface area contributed by atoms with Gasteiger partial charge in [-0.15, -0.1) is 0 Å². The summed E-state index contributed by atoms with van der Waals surface area (Å²) in [6.45, 7) is 1.35. The van der Waals surface area contributed by atoms with E-state index in [4.69, 9.17) is 11.6 Å². The van der Waals surface area contributed by atoms with Crippen molar-refractivity contribution >= 4 is 28.9 Å². The molecule has 1 amide bonds. The molecule has 2 aliphatic rings. The molecule has 1 aromatic carbocycles. The molecular formula is C18H24ClN3O3. The predicted molar refractivity (Wildman–Crippen MR) is 97.9 cm³/mol. The number of hydrogen-bond donors (Lipinski definition) is 1. The van der Waals surface area contributed by atoms with Crippen LogP contribution in [0.5, 0.6) is 0 Å². The number of amides is 1. The van der Waals surface area contributed by atoms with Gasteiger partial charge in [0.05, 0.1) is 22.2 Å². The first kappa shape index (κ1) is 18.1. The van der Waals surface area contributed by atoms with E-state index in [0.717, 1.165) is 19.4 Å². The largest absolute Gasteiger partial charge is 0.324 e. The van der Waals surface area contributed by atoms with Gasteiger partial charge in [-0.3, -0.25) is 19.8 Å². The molecule has 2 fully saturated rings. The van der Waals surface area contributed by atoms with Crippen molar-refractivity contribution in [2.45, 2.75) is 51.0 Å². The van der Waals surface area contributed by atoms with Crippen LogP contribution in [-0.4, -0.2) is 34.9 Å². The zero-order valence-electron chi connectivity index (χ0n) is 14.2. The van der Waals surface area contributed by atoms with Crippen LogP contribution >= 0.6 is 11.6 Å². The number of nitrogens with zero attached hydrogens (tertiary/aromatic N) is 2. The van der Waals surface area contributed by atoms with Gasteiger partial charge in [0.2, 0.25) is 5.91 Å². The molecule has 2 saturated carbocycles. The summed E-state index contributed by atoms with van der Waals surface area (Å²) in [5.41, 5.74) is 0.339. The molecule has 1 N–H and O–H groups in total. The second-order valence-corrected chi connectivity index (χ2v) is 7.54. The highest BCUT2D eigenvalue weighted by Crippen LogP contribution is 2.31. The van der Waals surface area contributed by atoms with Crippen LogP contribution in [0.15, 0.2) is 18.2 Å². The van der Waals surface area contributed by atoms with E-state index in [9.17, 15) is 14.9 Å². The Bertz CT molecular complexity index is 642. The van der Waals surface area contributed by atoms with Crippen molar-refractivity contribution in [2.75, 3.05) is 18.4 Å². The van der Waals surface area contributed by atoms with E-state index in [1.54, 1.807) is 0 Å². The van der Waals surface area contributed by atoms with Crippen molar-refractivity contribution in [3.8, 4) is 0 Å². The lowest BCUT2D eigenvalue weighted by atomic mass is 9.89. The van der Waals surface area contributed by atoms with Gasteiger partial charge in [0, 0.05) is 24.7 Å².